The van der Waals surface area contributed by atoms with Crippen LogP contribution in [0.15, 0.2) is 6.20 Å². The number of hydrogen-bond donors (Lipinski definition) is 1. The minimum Gasteiger partial charge on any atom is -0.493 e. The summed E-state index contributed by atoms with van der Waals surface area (Å²) in [6.45, 7) is 8.88. The van der Waals surface area contributed by atoms with Gasteiger partial charge in [-0.15, -0.1) is 0 Å². The maximum Gasteiger partial charge on any atom is 0.161 e. The first-order chi connectivity index (χ1) is 9.91. The number of hydrogen-bond acceptors (Lipinski definition) is 3. The molecule has 1 aliphatic carbocycles. The highest BCUT2D eigenvalue weighted by atomic mass is 16.5. The van der Waals surface area contributed by atoms with Crippen molar-refractivity contribution in [2.75, 3.05) is 7.11 Å². The van der Waals surface area contributed by atoms with E-state index in [4.69, 9.17) is 10.5 Å². The fourth-order valence-electron chi connectivity index (χ4n) is 4.04. The molecule has 2 N–H and O–H groups in total. The Kier molecular flexibility index (Phi) is 4.97. The molecule has 1 aromatic heterocycles. The average molecular weight is 293 g/mol. The van der Waals surface area contributed by atoms with E-state index in [-0.39, 0.29) is 11.5 Å². The Labute approximate surface area is 129 Å². The van der Waals surface area contributed by atoms with E-state index in [9.17, 15) is 0 Å². The zero-order valence-electron chi connectivity index (χ0n) is 14.2. The van der Waals surface area contributed by atoms with Gasteiger partial charge in [-0.25, -0.2) is 0 Å². The van der Waals surface area contributed by atoms with Gasteiger partial charge in [0.1, 0.15) is 0 Å². The van der Waals surface area contributed by atoms with Crippen LogP contribution in [0.2, 0.25) is 0 Å². The standard InChI is InChI=1S/C17H31N3O/c1-12(2)10-17(8-6-7-9-17)16(18)15-14(21-5)11-19-20(15)13(3)4/h11-13,16H,6-10,18H2,1-5H3. The Morgan fingerprint density at radius 3 is 2.38 bits per heavy atom. The Morgan fingerprint density at radius 2 is 1.90 bits per heavy atom. The van der Waals surface area contributed by atoms with E-state index in [1.807, 2.05) is 10.9 Å². The van der Waals surface area contributed by atoms with E-state index in [1.54, 1.807) is 7.11 Å². The Balaban J connectivity index is 2.41. The van der Waals surface area contributed by atoms with Gasteiger partial charge in [0.2, 0.25) is 0 Å². The first-order valence-corrected chi connectivity index (χ1v) is 8.28. The number of nitrogens with zero attached hydrogens (tertiary/aromatic N) is 2. The van der Waals surface area contributed by atoms with Gasteiger partial charge in [0.25, 0.3) is 0 Å². The van der Waals surface area contributed by atoms with Crippen molar-refractivity contribution >= 4 is 0 Å². The van der Waals surface area contributed by atoms with E-state index in [2.05, 4.69) is 32.8 Å². The molecular formula is C17H31N3O. The van der Waals surface area contributed by atoms with Crippen molar-refractivity contribution < 1.29 is 4.74 Å². The van der Waals surface area contributed by atoms with Crippen LogP contribution in [0.1, 0.15) is 77.6 Å². The van der Waals surface area contributed by atoms with E-state index in [0.717, 1.165) is 11.4 Å². The summed E-state index contributed by atoms with van der Waals surface area (Å²) < 4.78 is 7.59. The number of ether oxygens (including phenoxy) is 1. The maximum atomic E-state index is 6.80. The number of rotatable bonds is 6. The Bertz CT molecular complexity index is 459. The highest BCUT2D eigenvalue weighted by molar-refractivity contribution is 5.30. The second-order valence-electron chi connectivity index (χ2n) is 7.28. The van der Waals surface area contributed by atoms with Crippen molar-refractivity contribution in [1.29, 1.82) is 0 Å². The molecule has 0 saturated heterocycles. The summed E-state index contributed by atoms with van der Waals surface area (Å²) in [7, 11) is 1.71. The molecule has 1 heterocycles. The fourth-order valence-corrected chi connectivity index (χ4v) is 4.04. The van der Waals surface area contributed by atoms with Gasteiger partial charge in [0.05, 0.1) is 25.0 Å². The van der Waals surface area contributed by atoms with Crippen molar-refractivity contribution in [3.05, 3.63) is 11.9 Å². The molecule has 120 valence electrons. The molecule has 1 aliphatic rings. The number of methoxy groups -OCH3 is 1. The van der Waals surface area contributed by atoms with Crippen molar-refractivity contribution in [1.82, 2.24) is 9.78 Å². The van der Waals surface area contributed by atoms with Crippen LogP contribution in [0.3, 0.4) is 0 Å². The van der Waals surface area contributed by atoms with Gasteiger partial charge in [-0.1, -0.05) is 26.7 Å². The molecule has 4 nitrogen and oxygen atoms in total. The molecular weight excluding hydrogens is 262 g/mol. The predicted octanol–water partition coefficient (Wildman–Crippen LogP) is 4.08. The van der Waals surface area contributed by atoms with Crippen molar-refractivity contribution in [3.8, 4) is 5.75 Å². The molecule has 0 spiro atoms. The van der Waals surface area contributed by atoms with E-state index < -0.39 is 0 Å². The lowest BCUT2D eigenvalue weighted by molar-refractivity contribution is 0.172. The van der Waals surface area contributed by atoms with Crippen LogP contribution in [0.4, 0.5) is 0 Å². The monoisotopic (exact) mass is 293 g/mol. The van der Waals surface area contributed by atoms with Crippen LogP contribution in [-0.4, -0.2) is 16.9 Å². The number of aromatic nitrogens is 2. The third-order valence-electron chi connectivity index (χ3n) is 4.88. The zero-order valence-corrected chi connectivity index (χ0v) is 14.2. The van der Waals surface area contributed by atoms with E-state index in [1.165, 1.54) is 32.1 Å². The molecule has 1 saturated carbocycles. The summed E-state index contributed by atoms with van der Waals surface area (Å²) >= 11 is 0. The van der Waals surface area contributed by atoms with E-state index >= 15 is 0 Å². The molecule has 0 amide bonds. The summed E-state index contributed by atoms with van der Waals surface area (Å²) in [6, 6.07) is 0.301. The van der Waals surface area contributed by atoms with Gasteiger partial charge in [0.15, 0.2) is 5.75 Å². The molecule has 21 heavy (non-hydrogen) atoms. The van der Waals surface area contributed by atoms with Gasteiger partial charge in [-0.05, 0) is 44.4 Å². The van der Waals surface area contributed by atoms with Crippen LogP contribution in [-0.2, 0) is 0 Å². The van der Waals surface area contributed by atoms with Crippen molar-refractivity contribution in [2.24, 2.45) is 17.1 Å². The Morgan fingerprint density at radius 1 is 1.29 bits per heavy atom. The lowest BCUT2D eigenvalue weighted by atomic mass is 9.71. The molecule has 0 radical (unpaired) electrons. The van der Waals surface area contributed by atoms with Gasteiger partial charge >= 0.3 is 0 Å². The van der Waals surface area contributed by atoms with Crippen LogP contribution in [0.25, 0.3) is 0 Å². The second kappa shape index (κ2) is 6.39. The molecule has 2 rings (SSSR count). The zero-order chi connectivity index (χ0) is 15.6. The highest BCUT2D eigenvalue weighted by Crippen LogP contribution is 2.52. The lowest BCUT2D eigenvalue weighted by Crippen LogP contribution is -2.35. The topological polar surface area (TPSA) is 53.1 Å². The van der Waals surface area contributed by atoms with Gasteiger partial charge in [-0.2, -0.15) is 5.10 Å². The smallest absolute Gasteiger partial charge is 0.161 e. The summed E-state index contributed by atoms with van der Waals surface area (Å²) in [5, 5.41) is 4.50. The highest BCUT2D eigenvalue weighted by Gasteiger charge is 2.43. The normalized spacial score (nSPS) is 19.4. The van der Waals surface area contributed by atoms with Crippen LogP contribution >= 0.6 is 0 Å². The van der Waals surface area contributed by atoms with Crippen LogP contribution in [0.5, 0.6) is 5.75 Å². The molecule has 1 fully saturated rings. The molecule has 4 heteroatoms. The second-order valence-corrected chi connectivity index (χ2v) is 7.28. The van der Waals surface area contributed by atoms with Crippen LogP contribution < -0.4 is 10.5 Å². The largest absolute Gasteiger partial charge is 0.493 e. The first-order valence-electron chi connectivity index (χ1n) is 8.28. The summed E-state index contributed by atoms with van der Waals surface area (Å²) in [5.41, 5.74) is 8.08. The quantitative estimate of drug-likeness (QED) is 0.860. The summed E-state index contributed by atoms with van der Waals surface area (Å²) in [4.78, 5) is 0. The maximum absolute atomic E-state index is 6.80. The van der Waals surface area contributed by atoms with Gasteiger partial charge in [-0.3, -0.25) is 4.68 Å². The molecule has 1 aromatic rings. The molecule has 1 atom stereocenters. The molecule has 1 unspecified atom stereocenters. The fraction of sp³-hybridized carbons (Fsp3) is 0.824. The minimum absolute atomic E-state index is 0.00208. The molecule has 0 aliphatic heterocycles. The van der Waals surface area contributed by atoms with Gasteiger partial charge < -0.3 is 10.5 Å². The third-order valence-corrected chi connectivity index (χ3v) is 4.88. The molecule has 0 aromatic carbocycles. The number of nitrogens with two attached hydrogens (primary N) is 1. The third kappa shape index (κ3) is 3.10. The Hall–Kier alpha value is -1.03. The predicted molar refractivity (Wildman–Crippen MR) is 86.4 cm³/mol. The summed E-state index contributed by atoms with van der Waals surface area (Å²) in [5.74, 6) is 1.50. The molecule has 0 bridgehead atoms. The van der Waals surface area contributed by atoms with Crippen molar-refractivity contribution in [3.63, 3.8) is 0 Å². The van der Waals surface area contributed by atoms with Crippen LogP contribution in [0, 0.1) is 11.3 Å². The SMILES string of the molecule is COc1cnn(C(C)C)c1C(N)C1(CC(C)C)CCCC1. The van der Waals surface area contributed by atoms with Crippen molar-refractivity contribution in [2.45, 2.75) is 71.9 Å². The minimum atomic E-state index is 0.00208. The average Bonchev–Trinajstić information content (AvgIpc) is 3.03. The lowest BCUT2D eigenvalue weighted by Gasteiger charge is -2.37. The first kappa shape index (κ1) is 16.3. The van der Waals surface area contributed by atoms with E-state index in [0.29, 0.717) is 12.0 Å². The van der Waals surface area contributed by atoms with Gasteiger partial charge in [0, 0.05) is 6.04 Å². The summed E-state index contributed by atoms with van der Waals surface area (Å²) in [6.07, 6.45) is 8.02.